The monoisotopic (exact) mass is 479 g/mol. The highest BCUT2D eigenvalue weighted by Crippen LogP contribution is 2.31. The normalized spacial score (nSPS) is 48.8. The number of rotatable bonds is 7. The van der Waals surface area contributed by atoms with E-state index in [2.05, 4.69) is 10.6 Å². The maximum Gasteiger partial charge on any atom is 0.185 e. The van der Waals surface area contributed by atoms with E-state index in [-0.39, 0.29) is 26.2 Å². The Morgan fingerprint density at radius 2 is 1.58 bits per heavy atom. The van der Waals surface area contributed by atoms with E-state index in [1.807, 2.05) is 7.05 Å². The molecule has 3 aliphatic rings. The van der Waals surface area contributed by atoms with E-state index in [9.17, 15) is 15.3 Å². The molecule has 196 valence electrons. The third-order valence-electron chi connectivity index (χ3n) is 6.72. The predicted octanol–water partition coefficient (Wildman–Crippen LogP) is -3.08. The SMILES string of the molecule is C.CNCC1CCC(N)C(OC2C(N)CC(N)C(OC3OCC(C)(O)C(NC)C3O)C2O)O1. The molecule has 0 aromatic carbocycles. The molecule has 0 amide bonds. The predicted molar refractivity (Wildman–Crippen MR) is 122 cm³/mol. The molecule has 3 rings (SSSR count). The fourth-order valence-corrected chi connectivity index (χ4v) is 4.90. The van der Waals surface area contributed by atoms with E-state index in [0.29, 0.717) is 13.0 Å². The lowest BCUT2D eigenvalue weighted by atomic mass is 9.84. The summed E-state index contributed by atoms with van der Waals surface area (Å²) in [5, 5.41) is 38.1. The van der Waals surface area contributed by atoms with Crippen LogP contribution in [0.15, 0.2) is 0 Å². The van der Waals surface area contributed by atoms with Gasteiger partial charge in [-0.3, -0.25) is 0 Å². The van der Waals surface area contributed by atoms with Gasteiger partial charge < -0.3 is 62.1 Å². The van der Waals surface area contributed by atoms with Crippen LogP contribution in [-0.2, 0) is 18.9 Å². The number of nitrogens with two attached hydrogens (primary N) is 3. The molecule has 1 saturated carbocycles. The second-order valence-corrected chi connectivity index (χ2v) is 9.47. The van der Waals surface area contributed by atoms with Gasteiger partial charge in [-0.05, 0) is 40.3 Å². The number of ether oxygens (including phenoxy) is 4. The molecule has 33 heavy (non-hydrogen) atoms. The van der Waals surface area contributed by atoms with E-state index in [1.165, 1.54) is 0 Å². The summed E-state index contributed by atoms with van der Waals surface area (Å²) in [4.78, 5) is 0. The first-order valence-electron chi connectivity index (χ1n) is 11.3. The van der Waals surface area contributed by atoms with Gasteiger partial charge in [-0.15, -0.1) is 0 Å². The Labute approximate surface area is 196 Å². The molecule has 0 bridgehead atoms. The highest BCUT2D eigenvalue weighted by atomic mass is 16.7. The van der Waals surface area contributed by atoms with Crippen LogP contribution in [0.2, 0.25) is 0 Å². The van der Waals surface area contributed by atoms with E-state index < -0.39 is 60.7 Å². The van der Waals surface area contributed by atoms with Crippen molar-refractivity contribution in [3.05, 3.63) is 0 Å². The average Bonchev–Trinajstić information content (AvgIpc) is 2.72. The third-order valence-corrected chi connectivity index (χ3v) is 6.72. The van der Waals surface area contributed by atoms with Crippen molar-refractivity contribution in [1.82, 2.24) is 10.6 Å². The Morgan fingerprint density at radius 1 is 0.970 bits per heavy atom. The standard InChI is InChI=1S/C20H41N5O7.CH4/c1-20(28)8-29-19(14(27)17(20)25-3)32-16-12(23)6-11(22)15(13(16)26)31-18-10(21)5-4-9(30-18)7-24-2;/h9-19,24-28H,4-8,21-23H2,1-3H3;1H4. The molecule has 12 nitrogen and oxygen atoms in total. The molecule has 2 aliphatic heterocycles. The van der Waals surface area contributed by atoms with E-state index in [1.54, 1.807) is 14.0 Å². The maximum absolute atomic E-state index is 11.1. The van der Waals surface area contributed by atoms with Gasteiger partial charge in [0.2, 0.25) is 0 Å². The van der Waals surface area contributed by atoms with Crippen molar-refractivity contribution in [2.45, 2.75) is 106 Å². The summed E-state index contributed by atoms with van der Waals surface area (Å²) in [6, 6.07) is -2.20. The zero-order chi connectivity index (χ0) is 23.6. The van der Waals surface area contributed by atoms with Crippen molar-refractivity contribution < 1.29 is 34.3 Å². The van der Waals surface area contributed by atoms with Crippen molar-refractivity contribution in [1.29, 1.82) is 0 Å². The third kappa shape index (κ3) is 6.40. The van der Waals surface area contributed by atoms with Crippen LogP contribution in [-0.4, -0.2) is 115 Å². The second-order valence-electron chi connectivity index (χ2n) is 9.47. The van der Waals surface area contributed by atoms with Crippen LogP contribution in [0.4, 0.5) is 0 Å². The van der Waals surface area contributed by atoms with Gasteiger partial charge in [-0.25, -0.2) is 0 Å². The summed E-state index contributed by atoms with van der Waals surface area (Å²) in [6.07, 6.45) is -4.12. The molecule has 11 N–H and O–H groups in total. The van der Waals surface area contributed by atoms with E-state index in [0.717, 1.165) is 12.8 Å². The molecule has 0 spiro atoms. The maximum atomic E-state index is 11.1. The van der Waals surface area contributed by atoms with Gasteiger partial charge in [0.1, 0.15) is 30.0 Å². The Morgan fingerprint density at radius 3 is 2.15 bits per heavy atom. The molecule has 0 aromatic heterocycles. The van der Waals surface area contributed by atoms with Gasteiger partial charge in [0, 0.05) is 18.6 Å². The van der Waals surface area contributed by atoms with Crippen molar-refractivity contribution in [3.8, 4) is 0 Å². The largest absolute Gasteiger partial charge is 0.388 e. The summed E-state index contributed by atoms with van der Waals surface area (Å²) in [5.41, 5.74) is 17.4. The van der Waals surface area contributed by atoms with Gasteiger partial charge in [0.05, 0.1) is 24.8 Å². The minimum Gasteiger partial charge on any atom is -0.388 e. The number of hydrogen-bond acceptors (Lipinski definition) is 12. The number of aliphatic hydroxyl groups is 3. The lowest BCUT2D eigenvalue weighted by Gasteiger charge is -2.48. The van der Waals surface area contributed by atoms with Crippen molar-refractivity contribution >= 4 is 0 Å². The van der Waals surface area contributed by atoms with Crippen molar-refractivity contribution in [2.24, 2.45) is 17.2 Å². The summed E-state index contributed by atoms with van der Waals surface area (Å²) in [7, 11) is 3.47. The van der Waals surface area contributed by atoms with Crippen LogP contribution in [0, 0.1) is 0 Å². The van der Waals surface area contributed by atoms with Gasteiger partial charge in [0.15, 0.2) is 12.6 Å². The molecule has 3 fully saturated rings. The minimum absolute atomic E-state index is 0. The van der Waals surface area contributed by atoms with Crippen LogP contribution in [0.1, 0.15) is 33.6 Å². The second kappa shape index (κ2) is 12.0. The molecule has 1 aliphatic carbocycles. The first kappa shape index (κ1) is 28.8. The zero-order valence-corrected chi connectivity index (χ0v) is 19.1. The van der Waals surface area contributed by atoms with Crippen LogP contribution in [0.3, 0.4) is 0 Å². The fraction of sp³-hybridized carbons (Fsp3) is 1.00. The molecule has 12 atom stereocenters. The van der Waals surface area contributed by atoms with Crippen LogP contribution in [0.25, 0.3) is 0 Å². The van der Waals surface area contributed by atoms with Crippen LogP contribution < -0.4 is 27.8 Å². The van der Waals surface area contributed by atoms with Crippen LogP contribution in [0.5, 0.6) is 0 Å². The lowest BCUT2D eigenvalue weighted by molar-refractivity contribution is -0.306. The smallest absolute Gasteiger partial charge is 0.185 e. The van der Waals surface area contributed by atoms with Gasteiger partial charge in [-0.2, -0.15) is 0 Å². The Hall–Kier alpha value is -0.480. The quantitative estimate of drug-likeness (QED) is 0.183. The van der Waals surface area contributed by atoms with Gasteiger partial charge in [0.25, 0.3) is 0 Å². The molecule has 0 aromatic rings. The minimum atomic E-state index is -1.28. The molecule has 0 radical (unpaired) electrons. The Balaban J connectivity index is 0.00000385. The summed E-state index contributed by atoms with van der Waals surface area (Å²) >= 11 is 0. The molecule has 2 heterocycles. The Kier molecular flexibility index (Phi) is 10.4. The topological polar surface area (TPSA) is 200 Å². The molecule has 2 saturated heterocycles. The van der Waals surface area contributed by atoms with Crippen LogP contribution >= 0.6 is 0 Å². The Bertz CT molecular complexity index is 603. The number of hydrogen-bond donors (Lipinski definition) is 8. The molecular formula is C21H45N5O7. The van der Waals surface area contributed by atoms with Crippen molar-refractivity contribution in [3.63, 3.8) is 0 Å². The summed E-state index contributed by atoms with van der Waals surface area (Å²) < 4.78 is 23.5. The molecular weight excluding hydrogens is 434 g/mol. The fourth-order valence-electron chi connectivity index (χ4n) is 4.90. The lowest BCUT2D eigenvalue weighted by Crippen LogP contribution is -2.68. The zero-order valence-electron chi connectivity index (χ0n) is 19.1. The molecule has 12 heteroatoms. The van der Waals surface area contributed by atoms with E-state index in [4.69, 9.17) is 36.1 Å². The highest BCUT2D eigenvalue weighted by molar-refractivity contribution is 5.01. The highest BCUT2D eigenvalue weighted by Gasteiger charge is 2.50. The van der Waals surface area contributed by atoms with E-state index >= 15 is 0 Å². The summed E-state index contributed by atoms with van der Waals surface area (Å²) in [5.74, 6) is 0. The summed E-state index contributed by atoms with van der Waals surface area (Å²) in [6.45, 7) is 2.16. The average molecular weight is 480 g/mol. The molecule has 12 unspecified atom stereocenters. The van der Waals surface area contributed by atoms with Gasteiger partial charge >= 0.3 is 0 Å². The number of likely N-dealkylation sites (N-methyl/N-ethyl adjacent to an activating group) is 2. The van der Waals surface area contributed by atoms with Crippen molar-refractivity contribution in [2.75, 3.05) is 27.2 Å². The number of aliphatic hydroxyl groups excluding tert-OH is 2. The first-order valence-corrected chi connectivity index (χ1v) is 11.3. The van der Waals surface area contributed by atoms with Gasteiger partial charge in [-0.1, -0.05) is 7.43 Å². The number of nitrogens with one attached hydrogen (secondary N) is 2. The first-order chi connectivity index (χ1) is 15.1.